The zero-order valence-electron chi connectivity index (χ0n) is 18.5. The van der Waals surface area contributed by atoms with Gasteiger partial charge in [0.1, 0.15) is 5.82 Å². The largest absolute Gasteiger partial charge is 0.458 e. The van der Waals surface area contributed by atoms with Crippen LogP contribution in [0.3, 0.4) is 0 Å². The fraction of sp³-hybridized carbons (Fsp3) is 0.286. The number of halogens is 5. The molecular formula is C28H21F4IS. The Hall–Kier alpha value is -2.29. The van der Waals surface area contributed by atoms with Crippen LogP contribution >= 0.6 is 33.9 Å². The van der Waals surface area contributed by atoms with E-state index >= 15 is 0 Å². The van der Waals surface area contributed by atoms with E-state index in [1.54, 1.807) is 17.4 Å². The summed E-state index contributed by atoms with van der Waals surface area (Å²) in [6.45, 7) is 2.18. The number of fused-ring (bicyclic) bond motifs is 1. The molecule has 3 aromatic rings. The Balaban J connectivity index is 1.47. The molecule has 1 atom stereocenters. The molecule has 0 amide bonds. The number of alkyl halides is 3. The molecule has 1 unspecified atom stereocenters. The highest BCUT2D eigenvalue weighted by Gasteiger charge is 2.23. The third kappa shape index (κ3) is 6.23. The summed E-state index contributed by atoms with van der Waals surface area (Å²) < 4.78 is 53.2. The molecule has 1 aliphatic rings. The summed E-state index contributed by atoms with van der Waals surface area (Å²) in [6, 6.07) is 11.7. The Morgan fingerprint density at radius 1 is 1.12 bits per heavy atom. The van der Waals surface area contributed by atoms with E-state index in [0.29, 0.717) is 9.13 Å². The Kier molecular flexibility index (Phi) is 7.70. The van der Waals surface area contributed by atoms with Crippen molar-refractivity contribution >= 4 is 49.6 Å². The molecule has 0 saturated heterocycles. The van der Waals surface area contributed by atoms with Gasteiger partial charge in [0.15, 0.2) is 0 Å². The van der Waals surface area contributed by atoms with Crippen molar-refractivity contribution in [1.82, 2.24) is 0 Å². The maximum absolute atomic E-state index is 14.5. The number of aryl methyl sites for hydroxylation is 1. The first-order valence-corrected chi connectivity index (χ1v) is 12.9. The number of thiophene rings is 1. The fourth-order valence-electron chi connectivity index (χ4n) is 3.99. The molecule has 0 bridgehead atoms. The molecule has 0 saturated carbocycles. The van der Waals surface area contributed by atoms with Crippen LogP contribution in [0.15, 0.2) is 42.5 Å². The number of rotatable bonds is 3. The molecule has 0 nitrogen and oxygen atoms in total. The molecule has 0 radical (unpaired) electrons. The number of hydrogen-bond donors (Lipinski definition) is 0. The second kappa shape index (κ2) is 10.5. The lowest BCUT2D eigenvalue weighted by atomic mass is 9.86. The molecule has 4 rings (SSSR count). The maximum Gasteiger partial charge on any atom is 0.458 e. The lowest BCUT2D eigenvalue weighted by Gasteiger charge is -2.18. The van der Waals surface area contributed by atoms with E-state index in [1.807, 2.05) is 28.5 Å². The minimum absolute atomic E-state index is 0.216. The van der Waals surface area contributed by atoms with E-state index in [9.17, 15) is 17.6 Å². The number of hydrogen-bond acceptors (Lipinski definition) is 1. The van der Waals surface area contributed by atoms with Crippen LogP contribution in [-0.2, 0) is 6.42 Å². The van der Waals surface area contributed by atoms with Gasteiger partial charge >= 0.3 is 6.18 Å². The van der Waals surface area contributed by atoms with Gasteiger partial charge in [-0.25, -0.2) is 4.39 Å². The molecule has 174 valence electrons. The Morgan fingerprint density at radius 2 is 1.94 bits per heavy atom. The topological polar surface area (TPSA) is 0 Å². The SMILES string of the molecule is CCCc1ccc2cc(C#CC3CC=C(c4cc(F)c(C#CC(F)(F)F)c(I)c4)CC3)sc2c1. The smallest absolute Gasteiger partial charge is 0.206 e. The summed E-state index contributed by atoms with van der Waals surface area (Å²) in [5.74, 6) is 9.28. The van der Waals surface area contributed by atoms with Gasteiger partial charge in [0, 0.05) is 20.1 Å². The van der Waals surface area contributed by atoms with Gasteiger partial charge in [0.2, 0.25) is 0 Å². The molecule has 1 heterocycles. The van der Waals surface area contributed by atoms with Crippen LogP contribution in [0.1, 0.15) is 54.2 Å². The van der Waals surface area contributed by atoms with Crippen molar-refractivity contribution in [2.45, 2.75) is 45.2 Å². The summed E-state index contributed by atoms with van der Waals surface area (Å²) in [6.07, 6.45) is 2.00. The molecule has 0 fully saturated rings. The lowest BCUT2D eigenvalue weighted by Crippen LogP contribution is -2.05. The molecule has 0 spiro atoms. The fourth-order valence-corrected chi connectivity index (χ4v) is 5.71. The number of allylic oxidation sites excluding steroid dienone is 2. The highest BCUT2D eigenvalue weighted by molar-refractivity contribution is 14.1. The van der Waals surface area contributed by atoms with Crippen LogP contribution in [0.2, 0.25) is 0 Å². The zero-order valence-corrected chi connectivity index (χ0v) is 21.4. The zero-order chi connectivity index (χ0) is 24.3. The van der Waals surface area contributed by atoms with Crippen molar-refractivity contribution in [1.29, 1.82) is 0 Å². The first kappa shape index (κ1) is 24.8. The third-order valence-corrected chi connectivity index (χ3v) is 7.54. The van der Waals surface area contributed by atoms with E-state index in [4.69, 9.17) is 0 Å². The van der Waals surface area contributed by atoms with E-state index in [2.05, 4.69) is 49.1 Å². The molecule has 0 N–H and O–H groups in total. The minimum atomic E-state index is -4.65. The van der Waals surface area contributed by atoms with Gasteiger partial charge in [-0.2, -0.15) is 13.2 Å². The summed E-state index contributed by atoms with van der Waals surface area (Å²) in [5, 5.41) is 1.22. The van der Waals surface area contributed by atoms with E-state index in [0.717, 1.165) is 48.5 Å². The van der Waals surface area contributed by atoms with Crippen LogP contribution in [0.4, 0.5) is 17.6 Å². The quantitative estimate of drug-likeness (QED) is 0.162. The standard InChI is InChI=1S/C28H21F4IS/c1-2-3-19-6-10-21-15-23(34-27(21)14-19)11-7-18-4-8-20(9-5-18)22-16-25(29)24(26(33)17-22)12-13-28(30,31)32/h6,8,10,14-18H,2-5,9H2,1H3. The normalized spacial score (nSPS) is 15.8. The predicted octanol–water partition coefficient (Wildman–Crippen LogP) is 8.75. The average Bonchev–Trinajstić information content (AvgIpc) is 3.19. The second-order valence-corrected chi connectivity index (χ2v) is 10.5. The van der Waals surface area contributed by atoms with Crippen molar-refractivity contribution in [3.63, 3.8) is 0 Å². The van der Waals surface area contributed by atoms with Gasteiger partial charge in [0.05, 0.1) is 10.4 Å². The molecule has 0 aliphatic heterocycles. The predicted molar refractivity (Wildman–Crippen MR) is 140 cm³/mol. The van der Waals surface area contributed by atoms with Crippen LogP contribution in [-0.4, -0.2) is 6.18 Å². The van der Waals surface area contributed by atoms with Gasteiger partial charge in [-0.05, 0) is 94.6 Å². The van der Waals surface area contributed by atoms with Crippen LogP contribution in [0.5, 0.6) is 0 Å². The average molecular weight is 592 g/mol. The monoisotopic (exact) mass is 592 g/mol. The van der Waals surface area contributed by atoms with Gasteiger partial charge < -0.3 is 0 Å². The Bertz CT molecular complexity index is 1350. The van der Waals surface area contributed by atoms with Crippen molar-refractivity contribution in [2.75, 3.05) is 0 Å². The summed E-state index contributed by atoms with van der Waals surface area (Å²) in [5.41, 5.74) is 2.83. The first-order chi connectivity index (χ1) is 16.2. The molecular weight excluding hydrogens is 571 g/mol. The Labute approximate surface area is 214 Å². The molecule has 6 heteroatoms. The van der Waals surface area contributed by atoms with Gasteiger partial charge in [-0.3, -0.25) is 0 Å². The summed E-state index contributed by atoms with van der Waals surface area (Å²) >= 11 is 3.56. The van der Waals surface area contributed by atoms with Crippen molar-refractivity contribution in [2.24, 2.45) is 5.92 Å². The minimum Gasteiger partial charge on any atom is -0.206 e. The van der Waals surface area contributed by atoms with Gasteiger partial charge in [0.25, 0.3) is 0 Å². The van der Waals surface area contributed by atoms with Crippen LogP contribution in [0, 0.1) is 39.0 Å². The van der Waals surface area contributed by atoms with Gasteiger partial charge in [-0.1, -0.05) is 49.3 Å². The highest BCUT2D eigenvalue weighted by atomic mass is 127. The molecule has 1 aliphatic carbocycles. The molecule has 1 aromatic heterocycles. The first-order valence-electron chi connectivity index (χ1n) is 11.0. The van der Waals surface area contributed by atoms with Gasteiger partial charge in [-0.15, -0.1) is 11.3 Å². The van der Waals surface area contributed by atoms with E-state index < -0.39 is 12.0 Å². The third-order valence-electron chi connectivity index (χ3n) is 5.68. The highest BCUT2D eigenvalue weighted by Crippen LogP contribution is 2.33. The van der Waals surface area contributed by atoms with Crippen LogP contribution in [0.25, 0.3) is 15.7 Å². The second-order valence-electron chi connectivity index (χ2n) is 8.27. The summed E-state index contributed by atoms with van der Waals surface area (Å²) in [4.78, 5) is 1.06. The molecule has 2 aromatic carbocycles. The molecule has 34 heavy (non-hydrogen) atoms. The van der Waals surface area contributed by atoms with Crippen LogP contribution < -0.4 is 0 Å². The maximum atomic E-state index is 14.5. The van der Waals surface area contributed by atoms with Crippen molar-refractivity contribution in [3.05, 3.63) is 73.4 Å². The van der Waals surface area contributed by atoms with E-state index in [1.165, 1.54) is 21.7 Å². The van der Waals surface area contributed by atoms with Crippen molar-refractivity contribution in [3.8, 4) is 23.7 Å². The summed E-state index contributed by atoms with van der Waals surface area (Å²) in [7, 11) is 0. The van der Waals surface area contributed by atoms with E-state index in [-0.39, 0.29) is 11.5 Å². The lowest BCUT2D eigenvalue weighted by molar-refractivity contribution is -0.0696. The number of benzene rings is 2. The van der Waals surface area contributed by atoms with Crippen molar-refractivity contribution < 1.29 is 17.6 Å². The Morgan fingerprint density at radius 3 is 2.62 bits per heavy atom.